The zero-order valence-corrected chi connectivity index (χ0v) is 14.7. The minimum Gasteiger partial charge on any atom is -0.293 e. The molecule has 19 heavy (non-hydrogen) atoms. The number of hydrogen-bond acceptors (Lipinski definition) is 3. The van der Waals surface area contributed by atoms with Crippen LogP contribution in [0.25, 0.3) is 0 Å². The second-order valence-corrected chi connectivity index (χ2v) is 9.28. The van der Waals surface area contributed by atoms with Crippen molar-refractivity contribution >= 4 is 49.0 Å². The molecule has 0 N–H and O–H groups in total. The van der Waals surface area contributed by atoms with E-state index in [-0.39, 0.29) is 5.78 Å². The molecule has 104 valence electrons. The van der Waals surface area contributed by atoms with Crippen molar-refractivity contribution in [3.05, 3.63) is 19.2 Å². The van der Waals surface area contributed by atoms with Crippen LogP contribution in [0.5, 0.6) is 0 Å². The van der Waals surface area contributed by atoms with Crippen molar-refractivity contribution in [2.24, 2.45) is 5.92 Å². The fourth-order valence-electron chi connectivity index (χ4n) is 3.50. The van der Waals surface area contributed by atoms with Crippen molar-refractivity contribution in [2.45, 2.75) is 38.1 Å². The molecule has 2 nitrogen and oxygen atoms in total. The molecule has 0 radical (unpaired) electrons. The molecule has 2 fully saturated rings. The topological polar surface area (TPSA) is 20.3 Å². The van der Waals surface area contributed by atoms with Crippen LogP contribution in [-0.4, -0.2) is 29.8 Å². The molecule has 0 aromatic carbocycles. The minimum atomic E-state index is 0.250. The van der Waals surface area contributed by atoms with E-state index in [0.717, 1.165) is 25.6 Å². The molecule has 1 aromatic rings. The number of likely N-dealkylation sites (tertiary alicyclic amines) is 1. The first-order chi connectivity index (χ1) is 9.15. The fraction of sp³-hybridized carbons (Fsp3) is 0.643. The highest BCUT2D eigenvalue weighted by molar-refractivity contribution is 9.12. The number of thiophene rings is 1. The lowest BCUT2D eigenvalue weighted by Gasteiger charge is -2.31. The summed E-state index contributed by atoms with van der Waals surface area (Å²) in [5.74, 6) is 1.10. The normalized spacial score (nSPS) is 27.5. The van der Waals surface area contributed by atoms with Crippen LogP contribution in [0.15, 0.2) is 13.6 Å². The van der Waals surface area contributed by atoms with Crippen LogP contribution in [0, 0.1) is 5.92 Å². The standard InChI is InChI=1S/C14H17Br2NOS/c15-13-7-10(14(16)19-13)12(18)8-17-6-5-9-3-1-2-4-11(9)17/h7,9,11H,1-6,8H2. The Labute approximate surface area is 134 Å². The molecule has 1 saturated carbocycles. The largest absolute Gasteiger partial charge is 0.293 e. The number of carbonyl (C=O) groups excluding carboxylic acids is 1. The monoisotopic (exact) mass is 405 g/mol. The maximum absolute atomic E-state index is 12.4. The van der Waals surface area contributed by atoms with Crippen LogP contribution in [0.4, 0.5) is 0 Å². The summed E-state index contributed by atoms with van der Waals surface area (Å²) in [7, 11) is 0. The molecular formula is C14H17Br2NOS. The van der Waals surface area contributed by atoms with Crippen molar-refractivity contribution < 1.29 is 4.79 Å². The van der Waals surface area contributed by atoms with Crippen LogP contribution in [0.2, 0.25) is 0 Å². The van der Waals surface area contributed by atoms with E-state index in [1.54, 1.807) is 11.3 Å². The van der Waals surface area contributed by atoms with Gasteiger partial charge in [-0.15, -0.1) is 11.3 Å². The highest BCUT2D eigenvalue weighted by atomic mass is 79.9. The average Bonchev–Trinajstić information content (AvgIpc) is 2.94. The van der Waals surface area contributed by atoms with Gasteiger partial charge in [0, 0.05) is 11.6 Å². The smallest absolute Gasteiger partial charge is 0.178 e. The van der Waals surface area contributed by atoms with E-state index in [1.807, 2.05) is 6.07 Å². The summed E-state index contributed by atoms with van der Waals surface area (Å²) < 4.78 is 1.96. The SMILES string of the molecule is O=C(CN1CCC2CCCCC21)c1cc(Br)sc1Br. The van der Waals surface area contributed by atoms with Gasteiger partial charge in [-0.1, -0.05) is 12.8 Å². The van der Waals surface area contributed by atoms with Crippen LogP contribution in [0.1, 0.15) is 42.5 Å². The Hall–Kier alpha value is 0.290. The third kappa shape index (κ3) is 2.99. The number of nitrogens with zero attached hydrogens (tertiary/aromatic N) is 1. The number of hydrogen-bond donors (Lipinski definition) is 0. The molecule has 2 atom stereocenters. The third-order valence-electron chi connectivity index (χ3n) is 4.43. The first kappa shape index (κ1) is 14.2. The number of rotatable bonds is 3. The maximum atomic E-state index is 12.4. The lowest BCUT2D eigenvalue weighted by atomic mass is 9.85. The predicted molar refractivity (Wildman–Crippen MR) is 86.0 cm³/mol. The number of Topliss-reactive ketones (excluding diaryl/α,β-unsaturated/α-hetero) is 1. The summed E-state index contributed by atoms with van der Waals surface area (Å²) in [6.45, 7) is 1.69. The predicted octanol–water partition coefficient (Wildman–Crippen LogP) is 4.72. The summed E-state index contributed by atoms with van der Waals surface area (Å²) in [5, 5.41) is 0. The number of fused-ring (bicyclic) bond motifs is 1. The van der Waals surface area contributed by atoms with Crippen molar-refractivity contribution in [1.29, 1.82) is 0 Å². The van der Waals surface area contributed by atoms with Crippen LogP contribution < -0.4 is 0 Å². The molecule has 2 aliphatic rings. The summed E-state index contributed by atoms with van der Waals surface area (Å²) in [6.07, 6.45) is 6.65. The molecule has 0 spiro atoms. The summed E-state index contributed by atoms with van der Waals surface area (Å²) in [6, 6.07) is 2.60. The Bertz CT molecular complexity index is 488. The average molecular weight is 407 g/mol. The van der Waals surface area contributed by atoms with Gasteiger partial charge in [0.1, 0.15) is 0 Å². The fourth-order valence-corrected chi connectivity index (χ4v) is 6.35. The quantitative estimate of drug-likeness (QED) is 0.676. The van der Waals surface area contributed by atoms with Gasteiger partial charge in [0.25, 0.3) is 0 Å². The molecule has 2 unspecified atom stereocenters. The van der Waals surface area contributed by atoms with E-state index in [1.165, 1.54) is 32.1 Å². The van der Waals surface area contributed by atoms with E-state index in [4.69, 9.17) is 0 Å². The van der Waals surface area contributed by atoms with Gasteiger partial charge >= 0.3 is 0 Å². The first-order valence-corrected chi connectivity index (χ1v) is 9.27. The van der Waals surface area contributed by atoms with Gasteiger partial charge < -0.3 is 0 Å². The van der Waals surface area contributed by atoms with E-state index >= 15 is 0 Å². The Morgan fingerprint density at radius 1 is 1.32 bits per heavy atom. The van der Waals surface area contributed by atoms with E-state index < -0.39 is 0 Å². The Morgan fingerprint density at radius 2 is 2.11 bits per heavy atom. The molecule has 2 heterocycles. The number of carbonyl (C=O) groups is 1. The Morgan fingerprint density at radius 3 is 2.84 bits per heavy atom. The van der Waals surface area contributed by atoms with Crippen LogP contribution in [0.3, 0.4) is 0 Å². The van der Waals surface area contributed by atoms with Crippen molar-refractivity contribution in [3.63, 3.8) is 0 Å². The lowest BCUT2D eigenvalue weighted by Crippen LogP contribution is -2.38. The van der Waals surface area contributed by atoms with Gasteiger partial charge in [0.05, 0.1) is 14.1 Å². The molecule has 1 aliphatic carbocycles. The summed E-state index contributed by atoms with van der Waals surface area (Å²) >= 11 is 8.50. The molecule has 0 amide bonds. The first-order valence-electron chi connectivity index (χ1n) is 6.87. The van der Waals surface area contributed by atoms with Gasteiger partial charge in [-0.3, -0.25) is 9.69 Å². The zero-order valence-electron chi connectivity index (χ0n) is 10.7. The highest BCUT2D eigenvalue weighted by Crippen LogP contribution is 2.37. The van der Waals surface area contributed by atoms with Gasteiger partial charge in [0.15, 0.2) is 5.78 Å². The highest BCUT2D eigenvalue weighted by Gasteiger charge is 2.36. The van der Waals surface area contributed by atoms with Gasteiger partial charge in [-0.05, 0) is 69.7 Å². The molecule has 3 rings (SSSR count). The van der Waals surface area contributed by atoms with Crippen molar-refractivity contribution in [3.8, 4) is 0 Å². The van der Waals surface area contributed by atoms with Crippen LogP contribution >= 0.6 is 43.2 Å². The molecule has 1 saturated heterocycles. The number of ketones is 1. The van der Waals surface area contributed by atoms with Crippen molar-refractivity contribution in [2.75, 3.05) is 13.1 Å². The third-order valence-corrected chi connectivity index (χ3v) is 6.77. The van der Waals surface area contributed by atoms with E-state index in [2.05, 4.69) is 36.8 Å². The zero-order chi connectivity index (χ0) is 13.4. The minimum absolute atomic E-state index is 0.250. The summed E-state index contributed by atoms with van der Waals surface area (Å²) in [5.41, 5.74) is 0.830. The van der Waals surface area contributed by atoms with Crippen molar-refractivity contribution in [1.82, 2.24) is 4.90 Å². The van der Waals surface area contributed by atoms with E-state index in [9.17, 15) is 4.79 Å². The van der Waals surface area contributed by atoms with Gasteiger partial charge in [-0.25, -0.2) is 0 Å². The Balaban J connectivity index is 1.68. The molecule has 5 heteroatoms. The molecule has 1 aromatic heterocycles. The van der Waals surface area contributed by atoms with Gasteiger partial charge in [-0.2, -0.15) is 0 Å². The van der Waals surface area contributed by atoms with Crippen LogP contribution in [-0.2, 0) is 0 Å². The maximum Gasteiger partial charge on any atom is 0.178 e. The summed E-state index contributed by atoms with van der Waals surface area (Å²) in [4.78, 5) is 14.8. The molecular weight excluding hydrogens is 390 g/mol. The second kappa shape index (κ2) is 5.96. The second-order valence-electron chi connectivity index (χ2n) is 5.53. The van der Waals surface area contributed by atoms with Gasteiger partial charge in [0.2, 0.25) is 0 Å². The van der Waals surface area contributed by atoms with E-state index in [0.29, 0.717) is 12.6 Å². The Kier molecular flexibility index (Phi) is 4.47. The lowest BCUT2D eigenvalue weighted by molar-refractivity contribution is 0.0895. The molecule has 1 aliphatic heterocycles. The molecule has 0 bridgehead atoms. The number of halogens is 2.